The monoisotopic (exact) mass is 207 g/mol. The van der Waals surface area contributed by atoms with Gasteiger partial charge >= 0.3 is 0 Å². The van der Waals surface area contributed by atoms with Gasteiger partial charge < -0.3 is 10.1 Å². The van der Waals surface area contributed by atoms with Gasteiger partial charge in [0.05, 0.1) is 0 Å². The van der Waals surface area contributed by atoms with Crippen molar-refractivity contribution < 1.29 is 9.53 Å². The van der Waals surface area contributed by atoms with Crippen LogP contribution < -0.4 is 5.32 Å². The fourth-order valence-electron chi connectivity index (χ4n) is 1.68. The van der Waals surface area contributed by atoms with Crippen molar-refractivity contribution >= 4 is 11.6 Å². The van der Waals surface area contributed by atoms with E-state index in [1.165, 1.54) is 12.7 Å². The predicted molar refractivity (Wildman–Crippen MR) is 61.2 cm³/mol. The highest BCUT2D eigenvalue weighted by Crippen LogP contribution is 2.21. The van der Waals surface area contributed by atoms with Gasteiger partial charge in [0.2, 0.25) is 5.91 Å². The van der Waals surface area contributed by atoms with Crippen LogP contribution in [0.1, 0.15) is 16.7 Å². The number of anilines is 1. The van der Waals surface area contributed by atoms with E-state index in [-0.39, 0.29) is 12.5 Å². The van der Waals surface area contributed by atoms with Crippen molar-refractivity contribution in [1.82, 2.24) is 0 Å². The summed E-state index contributed by atoms with van der Waals surface area (Å²) in [7, 11) is 1.51. The molecule has 15 heavy (non-hydrogen) atoms. The summed E-state index contributed by atoms with van der Waals surface area (Å²) in [5.74, 6) is -0.118. The molecule has 3 heteroatoms. The number of nitrogens with one attached hydrogen (secondary N) is 1. The SMILES string of the molecule is COCC(=O)Nc1c(C)cc(C)cc1C. The maximum absolute atomic E-state index is 11.4. The minimum Gasteiger partial charge on any atom is -0.375 e. The molecule has 0 unspecified atom stereocenters. The topological polar surface area (TPSA) is 38.3 Å². The molecule has 0 aliphatic carbocycles. The molecule has 1 rings (SSSR count). The van der Waals surface area contributed by atoms with Gasteiger partial charge in [-0.3, -0.25) is 4.79 Å². The van der Waals surface area contributed by atoms with E-state index in [1.807, 2.05) is 20.8 Å². The van der Waals surface area contributed by atoms with Crippen molar-refractivity contribution in [3.8, 4) is 0 Å². The van der Waals surface area contributed by atoms with Gasteiger partial charge in [0.1, 0.15) is 6.61 Å². The van der Waals surface area contributed by atoms with Crippen LogP contribution in [-0.2, 0) is 9.53 Å². The van der Waals surface area contributed by atoms with E-state index in [2.05, 4.69) is 17.4 Å². The van der Waals surface area contributed by atoms with Gasteiger partial charge in [-0.15, -0.1) is 0 Å². The first-order chi connectivity index (χ1) is 7.04. The molecule has 1 N–H and O–H groups in total. The smallest absolute Gasteiger partial charge is 0.250 e. The molecule has 0 radical (unpaired) electrons. The molecule has 0 heterocycles. The molecule has 1 aromatic rings. The van der Waals surface area contributed by atoms with Crippen molar-refractivity contribution in [2.45, 2.75) is 20.8 Å². The summed E-state index contributed by atoms with van der Waals surface area (Å²) in [5, 5.41) is 2.84. The third-order valence-corrected chi connectivity index (χ3v) is 2.22. The molecule has 0 saturated carbocycles. The number of ether oxygens (including phenoxy) is 1. The number of aryl methyl sites for hydroxylation is 3. The number of carbonyl (C=O) groups is 1. The number of rotatable bonds is 3. The van der Waals surface area contributed by atoms with Crippen molar-refractivity contribution in [2.24, 2.45) is 0 Å². The average Bonchev–Trinajstić information content (AvgIpc) is 2.11. The number of hydrogen-bond acceptors (Lipinski definition) is 2. The highest BCUT2D eigenvalue weighted by molar-refractivity contribution is 5.93. The fraction of sp³-hybridized carbons (Fsp3) is 0.417. The van der Waals surface area contributed by atoms with E-state index in [0.717, 1.165) is 16.8 Å². The zero-order valence-corrected chi connectivity index (χ0v) is 9.68. The maximum Gasteiger partial charge on any atom is 0.250 e. The van der Waals surface area contributed by atoms with Gasteiger partial charge in [0, 0.05) is 12.8 Å². The first-order valence-electron chi connectivity index (χ1n) is 4.91. The van der Waals surface area contributed by atoms with Crippen LogP contribution in [0.4, 0.5) is 5.69 Å². The summed E-state index contributed by atoms with van der Waals surface area (Å²) in [5.41, 5.74) is 4.26. The molecular weight excluding hydrogens is 190 g/mol. The Bertz CT molecular complexity index is 349. The molecule has 3 nitrogen and oxygen atoms in total. The lowest BCUT2D eigenvalue weighted by atomic mass is 10.1. The van der Waals surface area contributed by atoms with Crippen LogP contribution in [0.2, 0.25) is 0 Å². The molecule has 0 spiro atoms. The molecule has 0 bridgehead atoms. The lowest BCUT2D eigenvalue weighted by Crippen LogP contribution is -2.18. The Balaban J connectivity index is 2.90. The van der Waals surface area contributed by atoms with Gasteiger partial charge in [0.25, 0.3) is 0 Å². The molecule has 0 saturated heterocycles. The first kappa shape index (κ1) is 11.7. The van der Waals surface area contributed by atoms with E-state index < -0.39 is 0 Å². The second-order valence-electron chi connectivity index (χ2n) is 3.75. The van der Waals surface area contributed by atoms with E-state index >= 15 is 0 Å². The number of methoxy groups -OCH3 is 1. The number of hydrogen-bond donors (Lipinski definition) is 1. The molecule has 82 valence electrons. The predicted octanol–water partition coefficient (Wildman–Crippen LogP) is 2.20. The summed E-state index contributed by atoms with van der Waals surface area (Å²) >= 11 is 0. The van der Waals surface area contributed by atoms with Gasteiger partial charge in [0.15, 0.2) is 0 Å². The van der Waals surface area contributed by atoms with Gasteiger partial charge in [-0.1, -0.05) is 17.7 Å². The maximum atomic E-state index is 11.4. The summed E-state index contributed by atoms with van der Waals surface area (Å²) in [6.07, 6.45) is 0. The van der Waals surface area contributed by atoms with Crippen LogP contribution in [-0.4, -0.2) is 19.6 Å². The van der Waals surface area contributed by atoms with Crippen LogP contribution in [0, 0.1) is 20.8 Å². The lowest BCUT2D eigenvalue weighted by molar-refractivity contribution is -0.119. The Kier molecular flexibility index (Phi) is 3.86. The Morgan fingerprint density at radius 1 is 1.27 bits per heavy atom. The highest BCUT2D eigenvalue weighted by atomic mass is 16.5. The first-order valence-corrected chi connectivity index (χ1v) is 4.91. The molecule has 1 aromatic carbocycles. The molecule has 0 aliphatic rings. The molecule has 0 aliphatic heterocycles. The van der Waals surface area contributed by atoms with Gasteiger partial charge in [-0.2, -0.15) is 0 Å². The minimum atomic E-state index is -0.118. The van der Waals surface area contributed by atoms with E-state index in [9.17, 15) is 4.79 Å². The highest BCUT2D eigenvalue weighted by Gasteiger charge is 2.07. The Hall–Kier alpha value is -1.35. The minimum absolute atomic E-state index is 0.0900. The van der Waals surface area contributed by atoms with Crippen molar-refractivity contribution in [2.75, 3.05) is 19.0 Å². The number of carbonyl (C=O) groups excluding carboxylic acids is 1. The zero-order valence-electron chi connectivity index (χ0n) is 9.68. The summed E-state index contributed by atoms with van der Waals surface area (Å²) in [4.78, 5) is 11.4. The molecule has 0 atom stereocenters. The molecule has 1 amide bonds. The summed E-state index contributed by atoms with van der Waals surface area (Å²) in [6, 6.07) is 4.10. The van der Waals surface area contributed by atoms with Crippen LogP contribution in [0.15, 0.2) is 12.1 Å². The van der Waals surface area contributed by atoms with Crippen molar-refractivity contribution in [3.05, 3.63) is 28.8 Å². The lowest BCUT2D eigenvalue weighted by Gasteiger charge is -2.12. The van der Waals surface area contributed by atoms with Gasteiger partial charge in [-0.25, -0.2) is 0 Å². The number of amides is 1. The fourth-order valence-corrected chi connectivity index (χ4v) is 1.68. The molecular formula is C12H17NO2. The van der Waals surface area contributed by atoms with Crippen LogP contribution >= 0.6 is 0 Å². The van der Waals surface area contributed by atoms with E-state index in [4.69, 9.17) is 4.74 Å². The largest absolute Gasteiger partial charge is 0.375 e. The summed E-state index contributed by atoms with van der Waals surface area (Å²) < 4.78 is 4.77. The second kappa shape index (κ2) is 4.94. The van der Waals surface area contributed by atoms with Crippen LogP contribution in [0.5, 0.6) is 0 Å². The van der Waals surface area contributed by atoms with Crippen LogP contribution in [0.25, 0.3) is 0 Å². The Morgan fingerprint density at radius 2 is 1.80 bits per heavy atom. The Morgan fingerprint density at radius 3 is 2.27 bits per heavy atom. The van der Waals surface area contributed by atoms with E-state index in [0.29, 0.717) is 0 Å². The Labute approximate surface area is 90.4 Å². The van der Waals surface area contributed by atoms with E-state index in [1.54, 1.807) is 0 Å². The molecule has 0 fully saturated rings. The van der Waals surface area contributed by atoms with Crippen molar-refractivity contribution in [1.29, 1.82) is 0 Å². The second-order valence-corrected chi connectivity index (χ2v) is 3.75. The van der Waals surface area contributed by atoms with Crippen LogP contribution in [0.3, 0.4) is 0 Å². The third kappa shape index (κ3) is 3.06. The average molecular weight is 207 g/mol. The number of benzene rings is 1. The van der Waals surface area contributed by atoms with Gasteiger partial charge in [-0.05, 0) is 31.9 Å². The standard InChI is InChI=1S/C12H17NO2/c1-8-5-9(2)12(10(3)6-8)13-11(14)7-15-4/h5-6H,7H2,1-4H3,(H,13,14). The zero-order chi connectivity index (χ0) is 11.4. The van der Waals surface area contributed by atoms with Crippen molar-refractivity contribution in [3.63, 3.8) is 0 Å². The normalized spacial score (nSPS) is 10.1. The quantitative estimate of drug-likeness (QED) is 0.825. The third-order valence-electron chi connectivity index (χ3n) is 2.22. The molecule has 0 aromatic heterocycles. The summed E-state index contributed by atoms with van der Waals surface area (Å²) in [6.45, 7) is 6.11.